The summed E-state index contributed by atoms with van der Waals surface area (Å²) >= 11 is 0. The van der Waals surface area contributed by atoms with E-state index in [1.165, 1.54) is 58.0 Å². The Morgan fingerprint density at radius 2 is 1.20 bits per heavy atom. The minimum atomic E-state index is 0. The molecule has 0 aromatic carbocycles. The van der Waals surface area contributed by atoms with Crippen LogP contribution >= 0.6 is 0 Å². The molecule has 0 atom stereocenters. The summed E-state index contributed by atoms with van der Waals surface area (Å²) in [4.78, 5) is 0. The first kappa shape index (κ1) is 15.0. The molecule has 0 aromatic rings. The summed E-state index contributed by atoms with van der Waals surface area (Å²) < 4.78 is 0. The molecule has 1 nitrogen and oxygen atoms in total. The Kier molecular flexibility index (Phi) is 9.18. The van der Waals surface area contributed by atoms with Crippen molar-refractivity contribution in [1.29, 1.82) is 0 Å². The molecule has 1 saturated heterocycles. The lowest BCUT2D eigenvalue weighted by Gasteiger charge is -2.17. The number of piperidine rings is 1. The molecule has 0 unspecified atom stereocenters. The normalized spacial score (nSPS) is 23.6. The Hall–Kier alpha value is -0.0400. The second-order valence-corrected chi connectivity index (χ2v) is 5.18. The fraction of sp³-hybridized carbons (Fsp3) is 1.00. The molecule has 2 aliphatic rings. The smallest absolute Gasteiger partial charge is 0.00464 e. The SMILES string of the molecule is C.CC1CCCCC1.CC1CCNCC1. The number of rotatable bonds is 0. The molecule has 0 radical (unpaired) electrons. The van der Waals surface area contributed by atoms with Crippen molar-refractivity contribution in [3.05, 3.63) is 0 Å². The molecular formula is C14H31N. The van der Waals surface area contributed by atoms with Crippen LogP contribution < -0.4 is 5.32 Å². The van der Waals surface area contributed by atoms with E-state index in [-0.39, 0.29) is 7.43 Å². The van der Waals surface area contributed by atoms with E-state index in [0.29, 0.717) is 0 Å². The van der Waals surface area contributed by atoms with Crippen LogP contribution in [0.2, 0.25) is 0 Å². The van der Waals surface area contributed by atoms with Crippen LogP contribution in [0.25, 0.3) is 0 Å². The summed E-state index contributed by atoms with van der Waals surface area (Å²) in [6.07, 6.45) is 10.2. The molecule has 0 aromatic heterocycles. The Morgan fingerprint density at radius 3 is 1.47 bits per heavy atom. The fourth-order valence-electron chi connectivity index (χ4n) is 2.27. The third-order valence-electron chi connectivity index (χ3n) is 3.52. The predicted molar refractivity (Wildman–Crippen MR) is 70.2 cm³/mol. The van der Waals surface area contributed by atoms with Crippen molar-refractivity contribution >= 4 is 0 Å². The maximum atomic E-state index is 3.32. The highest BCUT2D eigenvalue weighted by atomic mass is 14.9. The van der Waals surface area contributed by atoms with Crippen molar-refractivity contribution in [2.45, 2.75) is 66.2 Å². The maximum absolute atomic E-state index is 3.32. The summed E-state index contributed by atoms with van der Waals surface area (Å²) in [6, 6.07) is 0. The average Bonchev–Trinajstić information content (AvgIpc) is 2.21. The third-order valence-corrected chi connectivity index (χ3v) is 3.52. The largest absolute Gasteiger partial charge is 0.317 e. The lowest BCUT2D eigenvalue weighted by molar-refractivity contribution is 0.385. The molecule has 1 saturated carbocycles. The van der Waals surface area contributed by atoms with Gasteiger partial charge in [0, 0.05) is 0 Å². The molecule has 2 fully saturated rings. The van der Waals surface area contributed by atoms with E-state index in [1.54, 1.807) is 0 Å². The second-order valence-electron chi connectivity index (χ2n) is 5.18. The van der Waals surface area contributed by atoms with Gasteiger partial charge in [-0.25, -0.2) is 0 Å². The molecule has 1 N–H and O–H groups in total. The lowest BCUT2D eigenvalue weighted by atomic mass is 9.91. The van der Waals surface area contributed by atoms with Gasteiger partial charge in [-0.3, -0.25) is 0 Å². The molecule has 0 spiro atoms. The third kappa shape index (κ3) is 7.84. The average molecular weight is 213 g/mol. The Labute approximate surface area is 97.0 Å². The van der Waals surface area contributed by atoms with E-state index in [0.717, 1.165) is 11.8 Å². The van der Waals surface area contributed by atoms with E-state index >= 15 is 0 Å². The highest BCUT2D eigenvalue weighted by molar-refractivity contribution is 4.63. The van der Waals surface area contributed by atoms with Crippen molar-refractivity contribution in [1.82, 2.24) is 5.32 Å². The first-order valence-corrected chi connectivity index (χ1v) is 6.49. The lowest BCUT2D eigenvalue weighted by Crippen LogP contribution is -2.26. The molecule has 15 heavy (non-hydrogen) atoms. The van der Waals surface area contributed by atoms with E-state index in [4.69, 9.17) is 0 Å². The van der Waals surface area contributed by atoms with Gasteiger partial charge in [0.1, 0.15) is 0 Å². The summed E-state index contributed by atoms with van der Waals surface area (Å²) in [5, 5.41) is 3.32. The standard InChI is InChI=1S/C7H14.C6H13N.CH4/c1-7-5-3-2-4-6-7;1-6-2-4-7-5-3-6;/h7H,2-6H2,1H3;6-7H,2-5H2,1H3;1H4. The molecular weight excluding hydrogens is 182 g/mol. The highest BCUT2D eigenvalue weighted by Crippen LogP contribution is 2.22. The van der Waals surface area contributed by atoms with Gasteiger partial charge >= 0.3 is 0 Å². The first-order valence-electron chi connectivity index (χ1n) is 6.49. The first-order chi connectivity index (χ1) is 6.79. The molecule has 1 heterocycles. The van der Waals surface area contributed by atoms with Gasteiger partial charge < -0.3 is 5.32 Å². The van der Waals surface area contributed by atoms with E-state index in [2.05, 4.69) is 19.2 Å². The summed E-state index contributed by atoms with van der Waals surface area (Å²) in [5.41, 5.74) is 0. The quantitative estimate of drug-likeness (QED) is 0.635. The Bertz CT molecular complexity index is 105. The maximum Gasteiger partial charge on any atom is -0.00464 e. The van der Waals surface area contributed by atoms with Crippen LogP contribution in [-0.2, 0) is 0 Å². The van der Waals surface area contributed by atoms with Crippen molar-refractivity contribution in [3.63, 3.8) is 0 Å². The van der Waals surface area contributed by atoms with Gasteiger partial charge in [-0.1, -0.05) is 53.4 Å². The van der Waals surface area contributed by atoms with Crippen molar-refractivity contribution in [2.75, 3.05) is 13.1 Å². The number of hydrogen-bond acceptors (Lipinski definition) is 1. The molecule has 0 amide bonds. The molecule has 1 heteroatoms. The van der Waals surface area contributed by atoms with Crippen LogP contribution in [0.4, 0.5) is 0 Å². The molecule has 0 bridgehead atoms. The molecule has 2 rings (SSSR count). The molecule has 1 aliphatic heterocycles. The molecule has 92 valence electrons. The van der Waals surface area contributed by atoms with Gasteiger partial charge in [-0.05, 0) is 37.8 Å². The summed E-state index contributed by atoms with van der Waals surface area (Å²) in [6.45, 7) is 7.16. The zero-order valence-corrected chi connectivity index (χ0v) is 10.0. The molecule has 1 aliphatic carbocycles. The number of nitrogens with one attached hydrogen (secondary N) is 1. The van der Waals surface area contributed by atoms with Crippen LogP contribution in [0.15, 0.2) is 0 Å². The van der Waals surface area contributed by atoms with Gasteiger partial charge in [0.2, 0.25) is 0 Å². The summed E-state index contributed by atoms with van der Waals surface area (Å²) in [7, 11) is 0. The fourth-order valence-corrected chi connectivity index (χ4v) is 2.27. The topological polar surface area (TPSA) is 12.0 Å². The van der Waals surface area contributed by atoms with Crippen LogP contribution in [-0.4, -0.2) is 13.1 Å². The predicted octanol–water partition coefficient (Wildman–Crippen LogP) is 4.23. The van der Waals surface area contributed by atoms with Gasteiger partial charge in [0.05, 0.1) is 0 Å². The van der Waals surface area contributed by atoms with E-state index < -0.39 is 0 Å². The van der Waals surface area contributed by atoms with Crippen molar-refractivity contribution in [2.24, 2.45) is 11.8 Å². The minimum Gasteiger partial charge on any atom is -0.317 e. The highest BCUT2D eigenvalue weighted by Gasteiger charge is 2.06. The van der Waals surface area contributed by atoms with Crippen LogP contribution in [0.3, 0.4) is 0 Å². The zero-order chi connectivity index (χ0) is 10.2. The zero-order valence-electron chi connectivity index (χ0n) is 10.0. The number of hydrogen-bond donors (Lipinski definition) is 1. The van der Waals surface area contributed by atoms with Gasteiger partial charge in [-0.15, -0.1) is 0 Å². The van der Waals surface area contributed by atoms with Crippen molar-refractivity contribution in [3.8, 4) is 0 Å². The van der Waals surface area contributed by atoms with Gasteiger partial charge in [-0.2, -0.15) is 0 Å². The monoisotopic (exact) mass is 213 g/mol. The van der Waals surface area contributed by atoms with E-state index in [1.807, 2.05) is 0 Å². The van der Waals surface area contributed by atoms with E-state index in [9.17, 15) is 0 Å². The van der Waals surface area contributed by atoms with Gasteiger partial charge in [0.15, 0.2) is 0 Å². The van der Waals surface area contributed by atoms with Crippen LogP contribution in [0, 0.1) is 11.8 Å². The minimum absolute atomic E-state index is 0. The Balaban J connectivity index is 0.000000245. The van der Waals surface area contributed by atoms with Crippen molar-refractivity contribution < 1.29 is 0 Å². The van der Waals surface area contributed by atoms with Gasteiger partial charge in [0.25, 0.3) is 0 Å². The second kappa shape index (κ2) is 9.21. The Morgan fingerprint density at radius 1 is 0.733 bits per heavy atom. The summed E-state index contributed by atoms with van der Waals surface area (Å²) in [5.74, 6) is 2.01. The van der Waals surface area contributed by atoms with Crippen LogP contribution in [0.5, 0.6) is 0 Å². The van der Waals surface area contributed by atoms with Crippen LogP contribution in [0.1, 0.15) is 66.2 Å².